The lowest BCUT2D eigenvalue weighted by molar-refractivity contribution is 0.0827. The Morgan fingerprint density at radius 3 is 2.61 bits per heavy atom. The fraction of sp³-hybridized carbons (Fsp3) is 0.423. The van der Waals surface area contributed by atoms with E-state index in [1.54, 1.807) is 50.5 Å². The highest BCUT2D eigenvalue weighted by Crippen LogP contribution is 2.19. The number of amides is 2. The van der Waals surface area contributed by atoms with Crippen LogP contribution in [0.15, 0.2) is 51.7 Å². The van der Waals surface area contributed by atoms with Gasteiger partial charge >= 0.3 is 11.8 Å². The Kier molecular flexibility index (Phi) is 8.07. The number of piperazine rings is 1. The predicted molar refractivity (Wildman–Crippen MR) is 138 cm³/mol. The van der Waals surface area contributed by atoms with Crippen LogP contribution in [0.2, 0.25) is 0 Å². The maximum absolute atomic E-state index is 12.5. The molecule has 1 aliphatic rings. The molecule has 36 heavy (non-hydrogen) atoms. The first-order chi connectivity index (χ1) is 17.3. The first-order valence-electron chi connectivity index (χ1n) is 12.1. The zero-order valence-electron chi connectivity index (χ0n) is 21.0. The van der Waals surface area contributed by atoms with Gasteiger partial charge in [0.05, 0.1) is 18.7 Å². The Morgan fingerprint density at radius 2 is 1.86 bits per heavy atom. The van der Waals surface area contributed by atoms with Crippen LogP contribution in [0.1, 0.15) is 22.3 Å². The van der Waals surface area contributed by atoms with Crippen molar-refractivity contribution in [2.24, 2.45) is 0 Å². The van der Waals surface area contributed by atoms with E-state index in [0.717, 1.165) is 44.7 Å². The van der Waals surface area contributed by atoms with Gasteiger partial charge in [0.2, 0.25) is 0 Å². The van der Waals surface area contributed by atoms with Crippen molar-refractivity contribution in [2.45, 2.75) is 13.0 Å². The maximum Gasteiger partial charge on any atom is 0.420 e. The van der Waals surface area contributed by atoms with Crippen LogP contribution < -0.4 is 11.1 Å². The molecule has 0 saturated carbocycles. The topological polar surface area (TPSA) is 100 Å². The van der Waals surface area contributed by atoms with Crippen molar-refractivity contribution in [1.82, 2.24) is 19.3 Å². The smallest absolute Gasteiger partial charge is 0.420 e. The predicted octanol–water partition coefficient (Wildman–Crippen LogP) is 2.53. The highest BCUT2D eigenvalue weighted by Gasteiger charge is 2.16. The van der Waals surface area contributed by atoms with Crippen molar-refractivity contribution in [3.05, 3.63) is 64.1 Å². The summed E-state index contributed by atoms with van der Waals surface area (Å²) in [6.45, 7) is 5.69. The number of hydrogen-bond acceptors (Lipinski definition) is 7. The van der Waals surface area contributed by atoms with Crippen molar-refractivity contribution < 1.29 is 18.7 Å². The summed E-state index contributed by atoms with van der Waals surface area (Å²) >= 11 is 0. The Hall–Kier alpha value is -3.63. The van der Waals surface area contributed by atoms with E-state index in [4.69, 9.17) is 9.15 Å². The average molecular weight is 496 g/mol. The van der Waals surface area contributed by atoms with Crippen LogP contribution in [0.4, 0.5) is 10.5 Å². The minimum atomic E-state index is -0.516. The number of nitrogens with one attached hydrogen (secondary N) is 1. The zero-order valence-corrected chi connectivity index (χ0v) is 21.0. The molecule has 0 spiro atoms. The van der Waals surface area contributed by atoms with Crippen LogP contribution in [0.5, 0.6) is 0 Å². The molecule has 0 unspecified atom stereocenters. The molecule has 1 aliphatic heterocycles. The molecule has 0 aliphatic carbocycles. The summed E-state index contributed by atoms with van der Waals surface area (Å²) in [7, 11) is 5.47. The van der Waals surface area contributed by atoms with Crippen molar-refractivity contribution in [1.29, 1.82) is 0 Å². The van der Waals surface area contributed by atoms with Crippen molar-refractivity contribution in [3.63, 3.8) is 0 Å². The van der Waals surface area contributed by atoms with Gasteiger partial charge in [0.25, 0.3) is 5.91 Å². The van der Waals surface area contributed by atoms with Gasteiger partial charge in [-0.3, -0.25) is 14.7 Å². The highest BCUT2D eigenvalue weighted by molar-refractivity contribution is 5.96. The summed E-state index contributed by atoms with van der Waals surface area (Å²) in [5.41, 5.74) is 2.77. The molecule has 2 aromatic carbocycles. The molecule has 1 aromatic heterocycles. The molecule has 10 nitrogen and oxygen atoms in total. The number of carbonyl (C=O) groups excluding carboxylic acids is 2. The van der Waals surface area contributed by atoms with Crippen LogP contribution in [0.3, 0.4) is 0 Å². The third-order valence-corrected chi connectivity index (χ3v) is 6.28. The number of fused-ring (bicyclic) bond motifs is 1. The third-order valence-electron chi connectivity index (χ3n) is 6.28. The van der Waals surface area contributed by atoms with Gasteiger partial charge in [0.1, 0.15) is 0 Å². The summed E-state index contributed by atoms with van der Waals surface area (Å²) in [4.78, 5) is 43.3. The standard InChI is InChI=1S/C26H33N5O5/c1-28(2)24(32)20-8-9-23-22(17-20)31(26(34)36-23)18-19-6-4-7-21(16-19)27-25(33)35-15-5-10-30-13-11-29(3)12-14-30/h4,6-9,16-17H,5,10-15,18H2,1-3H3,(H,27,33). The second-order valence-electron chi connectivity index (χ2n) is 9.30. The fourth-order valence-electron chi connectivity index (χ4n) is 4.21. The van der Waals surface area contributed by atoms with E-state index < -0.39 is 11.8 Å². The lowest BCUT2D eigenvalue weighted by Gasteiger charge is -2.32. The number of rotatable bonds is 8. The first-order valence-corrected chi connectivity index (χ1v) is 12.1. The number of likely N-dealkylation sites (N-methyl/N-ethyl adjacent to an activating group) is 1. The molecule has 10 heteroatoms. The maximum atomic E-state index is 12.5. The number of nitrogens with zero attached hydrogens (tertiary/aromatic N) is 4. The minimum Gasteiger partial charge on any atom is -0.449 e. The summed E-state index contributed by atoms with van der Waals surface area (Å²) in [5.74, 6) is -0.678. The molecule has 1 saturated heterocycles. The van der Waals surface area contributed by atoms with Gasteiger partial charge in [0.15, 0.2) is 5.58 Å². The second kappa shape index (κ2) is 11.4. The molecule has 2 amide bonds. The van der Waals surface area contributed by atoms with Gasteiger partial charge in [-0.2, -0.15) is 0 Å². The highest BCUT2D eigenvalue weighted by atomic mass is 16.5. The van der Waals surface area contributed by atoms with E-state index in [2.05, 4.69) is 22.2 Å². The molecule has 2 heterocycles. The Bertz CT molecular complexity index is 1270. The number of anilines is 1. The molecule has 0 atom stereocenters. The molecule has 192 valence electrons. The number of benzene rings is 2. The minimum absolute atomic E-state index is 0.162. The lowest BCUT2D eigenvalue weighted by atomic mass is 10.1. The normalized spacial score (nSPS) is 14.6. The summed E-state index contributed by atoms with van der Waals surface area (Å²) < 4.78 is 12.2. The van der Waals surface area contributed by atoms with E-state index in [-0.39, 0.29) is 12.5 Å². The monoisotopic (exact) mass is 495 g/mol. The molecule has 0 radical (unpaired) electrons. The molecular formula is C26H33N5O5. The lowest BCUT2D eigenvalue weighted by Crippen LogP contribution is -2.44. The summed E-state index contributed by atoms with van der Waals surface area (Å²) in [5, 5.41) is 2.75. The Morgan fingerprint density at radius 1 is 1.08 bits per heavy atom. The van der Waals surface area contributed by atoms with E-state index in [9.17, 15) is 14.4 Å². The Labute approximate surface area is 210 Å². The molecule has 3 aromatic rings. The van der Waals surface area contributed by atoms with Gasteiger partial charge in [-0.05, 0) is 49.4 Å². The van der Waals surface area contributed by atoms with Gasteiger partial charge in [0, 0.05) is 58.1 Å². The van der Waals surface area contributed by atoms with Crippen molar-refractivity contribution in [2.75, 3.05) is 65.8 Å². The fourth-order valence-corrected chi connectivity index (χ4v) is 4.21. The number of hydrogen-bond donors (Lipinski definition) is 1. The van der Waals surface area contributed by atoms with Gasteiger partial charge in [-0.25, -0.2) is 9.59 Å². The Balaban J connectivity index is 1.35. The van der Waals surface area contributed by atoms with Crippen LogP contribution in [-0.2, 0) is 11.3 Å². The van der Waals surface area contributed by atoms with Crippen LogP contribution in [-0.4, -0.2) is 91.7 Å². The molecule has 0 bridgehead atoms. The average Bonchev–Trinajstić information content (AvgIpc) is 3.16. The van der Waals surface area contributed by atoms with Crippen LogP contribution in [0.25, 0.3) is 11.1 Å². The third kappa shape index (κ3) is 6.32. The van der Waals surface area contributed by atoms with E-state index in [1.165, 1.54) is 9.47 Å². The van der Waals surface area contributed by atoms with Gasteiger partial charge in [-0.1, -0.05) is 12.1 Å². The zero-order chi connectivity index (χ0) is 25.7. The van der Waals surface area contributed by atoms with Crippen molar-refractivity contribution >= 4 is 28.8 Å². The van der Waals surface area contributed by atoms with Gasteiger partial charge < -0.3 is 23.9 Å². The summed E-state index contributed by atoms with van der Waals surface area (Å²) in [6, 6.07) is 12.1. The summed E-state index contributed by atoms with van der Waals surface area (Å²) in [6.07, 6.45) is 0.273. The molecule has 1 fully saturated rings. The number of oxazole rings is 1. The van der Waals surface area contributed by atoms with Crippen LogP contribution in [0, 0.1) is 0 Å². The van der Waals surface area contributed by atoms with Gasteiger partial charge in [-0.15, -0.1) is 0 Å². The van der Waals surface area contributed by atoms with Crippen molar-refractivity contribution in [3.8, 4) is 0 Å². The molecule has 1 N–H and O–H groups in total. The quantitative estimate of drug-likeness (QED) is 0.480. The number of carbonyl (C=O) groups is 2. The molecular weight excluding hydrogens is 462 g/mol. The number of ether oxygens (including phenoxy) is 1. The van der Waals surface area contributed by atoms with E-state index >= 15 is 0 Å². The van der Waals surface area contributed by atoms with E-state index in [1.807, 2.05) is 6.07 Å². The second-order valence-corrected chi connectivity index (χ2v) is 9.30. The largest absolute Gasteiger partial charge is 0.449 e. The SMILES string of the molecule is CN1CCN(CCCOC(=O)Nc2cccc(Cn3c(=O)oc4ccc(C(=O)N(C)C)cc43)c2)CC1. The first kappa shape index (κ1) is 25.5. The number of aromatic nitrogens is 1. The molecule has 4 rings (SSSR count). The van der Waals surface area contributed by atoms with Crippen LogP contribution >= 0.6 is 0 Å². The van der Waals surface area contributed by atoms with E-state index in [0.29, 0.717) is 29.0 Å².